The average molecular weight is 583 g/mol. The molecular weight excluding hydrogens is 556 g/mol. The van der Waals surface area contributed by atoms with Crippen molar-refractivity contribution in [1.29, 1.82) is 0 Å². The molecule has 42 heavy (non-hydrogen) atoms. The van der Waals surface area contributed by atoms with Crippen LogP contribution in [0.25, 0.3) is 5.76 Å². The molecule has 6 rings (SSSR count). The third-order valence-corrected chi connectivity index (χ3v) is 8.25. The topological polar surface area (TPSA) is 115 Å². The van der Waals surface area contributed by atoms with Crippen molar-refractivity contribution in [2.24, 2.45) is 0 Å². The molecule has 3 aromatic carbocycles. The van der Waals surface area contributed by atoms with E-state index in [9.17, 15) is 19.5 Å². The highest BCUT2D eigenvalue weighted by Gasteiger charge is 2.48. The molecule has 0 bridgehead atoms. The average Bonchev–Trinajstić information content (AvgIpc) is 3.52. The SMILES string of the molecule is CC(=O)c1sc(N2C(=O)C(=O)C(=C(O)c3ccc4c(c3)OCCO4)[C@@H]2c2cccc(OCc3ccccc3)c2)nc1C. The summed E-state index contributed by atoms with van der Waals surface area (Å²) < 4.78 is 17.3. The van der Waals surface area contributed by atoms with Crippen molar-refractivity contribution < 1.29 is 33.7 Å². The van der Waals surface area contributed by atoms with Crippen LogP contribution in [0, 0.1) is 6.92 Å². The molecule has 1 N–H and O–H groups in total. The number of carbonyl (C=O) groups excluding carboxylic acids is 3. The number of nitrogens with zero attached hydrogens (tertiary/aromatic N) is 2. The fraction of sp³-hybridized carbons (Fsp3) is 0.188. The van der Waals surface area contributed by atoms with Crippen molar-refractivity contribution in [3.8, 4) is 17.2 Å². The molecule has 1 fully saturated rings. The molecular formula is C32H26N2O7S. The van der Waals surface area contributed by atoms with Gasteiger partial charge >= 0.3 is 5.91 Å². The van der Waals surface area contributed by atoms with E-state index in [1.54, 1.807) is 49.4 Å². The molecule has 1 amide bonds. The molecule has 2 aliphatic heterocycles. The van der Waals surface area contributed by atoms with Crippen molar-refractivity contribution in [1.82, 2.24) is 4.98 Å². The van der Waals surface area contributed by atoms with E-state index in [0.717, 1.165) is 16.9 Å². The number of benzene rings is 3. The number of aromatic nitrogens is 1. The Morgan fingerprint density at radius 1 is 1.02 bits per heavy atom. The van der Waals surface area contributed by atoms with Crippen LogP contribution in [-0.4, -0.2) is 40.8 Å². The van der Waals surface area contributed by atoms with E-state index in [1.807, 2.05) is 30.3 Å². The first kappa shape index (κ1) is 27.2. The highest BCUT2D eigenvalue weighted by Crippen LogP contribution is 2.45. The molecule has 2 aliphatic rings. The van der Waals surface area contributed by atoms with Crippen LogP contribution < -0.4 is 19.1 Å². The van der Waals surface area contributed by atoms with E-state index in [1.165, 1.54) is 11.8 Å². The quantitative estimate of drug-likeness (QED) is 0.129. The standard InChI is InChI=1S/C32H26N2O7S/c1-18-30(19(2)35)42-32(33-18)34-27(21-9-6-10-23(15-21)41-17-20-7-4-3-5-8-20)26(29(37)31(34)38)28(36)22-11-12-24-25(16-22)40-14-13-39-24/h3-12,15-16,27,36H,13-14,17H2,1-2H3/t27-/m0/s1. The number of carbonyl (C=O) groups is 3. The molecule has 1 atom stereocenters. The van der Waals surface area contributed by atoms with Gasteiger partial charge in [-0.3, -0.25) is 19.3 Å². The zero-order valence-electron chi connectivity index (χ0n) is 22.8. The van der Waals surface area contributed by atoms with Gasteiger partial charge < -0.3 is 19.3 Å². The molecule has 0 aliphatic carbocycles. The van der Waals surface area contributed by atoms with E-state index in [-0.39, 0.29) is 22.2 Å². The van der Waals surface area contributed by atoms with Gasteiger partial charge in [0.15, 0.2) is 22.4 Å². The third kappa shape index (κ3) is 5.01. The van der Waals surface area contributed by atoms with Crippen LogP contribution in [0.3, 0.4) is 0 Å². The third-order valence-electron chi connectivity index (χ3n) is 6.99. The zero-order valence-corrected chi connectivity index (χ0v) is 23.6. The van der Waals surface area contributed by atoms with E-state index in [2.05, 4.69) is 4.98 Å². The fourth-order valence-corrected chi connectivity index (χ4v) is 6.01. The largest absolute Gasteiger partial charge is 0.507 e. The normalized spacial score (nSPS) is 17.4. The smallest absolute Gasteiger partial charge is 0.301 e. The Morgan fingerprint density at radius 2 is 1.79 bits per heavy atom. The van der Waals surface area contributed by atoms with Crippen LogP contribution >= 0.6 is 11.3 Å². The Labute approximate surface area is 245 Å². The molecule has 0 saturated carbocycles. The summed E-state index contributed by atoms with van der Waals surface area (Å²) in [5.74, 6) is -0.840. The number of Topliss-reactive ketones (excluding diaryl/α,β-unsaturated/α-hetero) is 2. The number of hydrogen-bond donors (Lipinski definition) is 1. The Kier molecular flexibility index (Phi) is 7.22. The molecule has 0 unspecified atom stereocenters. The van der Waals surface area contributed by atoms with Crippen molar-refractivity contribution in [2.75, 3.05) is 18.1 Å². The van der Waals surface area contributed by atoms with Gasteiger partial charge in [0.2, 0.25) is 0 Å². The minimum atomic E-state index is -1.04. The lowest BCUT2D eigenvalue weighted by Gasteiger charge is -2.24. The van der Waals surface area contributed by atoms with E-state index in [0.29, 0.717) is 58.8 Å². The molecule has 9 nitrogen and oxygen atoms in total. The second-order valence-corrected chi connectivity index (χ2v) is 10.8. The van der Waals surface area contributed by atoms with Gasteiger partial charge in [-0.25, -0.2) is 4.98 Å². The zero-order chi connectivity index (χ0) is 29.4. The fourth-order valence-electron chi connectivity index (χ4n) is 5.02. The maximum absolute atomic E-state index is 13.6. The summed E-state index contributed by atoms with van der Waals surface area (Å²) >= 11 is 1.03. The van der Waals surface area contributed by atoms with Gasteiger partial charge in [-0.2, -0.15) is 0 Å². The predicted octanol–water partition coefficient (Wildman–Crippen LogP) is 5.63. The summed E-state index contributed by atoms with van der Waals surface area (Å²) in [7, 11) is 0. The van der Waals surface area contributed by atoms with Crippen LogP contribution in [0.5, 0.6) is 17.2 Å². The number of hydrogen-bond acceptors (Lipinski definition) is 9. The highest BCUT2D eigenvalue weighted by molar-refractivity contribution is 7.18. The summed E-state index contributed by atoms with van der Waals surface area (Å²) in [6, 6.07) is 20.5. The number of thiazole rings is 1. The van der Waals surface area contributed by atoms with Gasteiger partial charge in [-0.1, -0.05) is 53.8 Å². The number of aryl methyl sites for hydroxylation is 1. The second kappa shape index (κ2) is 11.1. The van der Waals surface area contributed by atoms with Crippen molar-refractivity contribution in [3.05, 3.63) is 106 Å². The Hall–Kier alpha value is -4.96. The number of aliphatic hydroxyl groups excluding tert-OH is 1. The van der Waals surface area contributed by atoms with Gasteiger partial charge in [0.1, 0.15) is 31.3 Å². The number of fused-ring (bicyclic) bond motifs is 1. The van der Waals surface area contributed by atoms with E-state index >= 15 is 0 Å². The number of amides is 1. The Morgan fingerprint density at radius 3 is 2.52 bits per heavy atom. The summed E-state index contributed by atoms with van der Waals surface area (Å²) in [5, 5.41) is 11.7. The number of ketones is 2. The number of aliphatic hydroxyl groups is 1. The van der Waals surface area contributed by atoms with E-state index in [4.69, 9.17) is 14.2 Å². The molecule has 0 spiro atoms. The number of ether oxygens (including phenoxy) is 3. The maximum atomic E-state index is 13.6. The second-order valence-electron chi connectivity index (χ2n) is 9.84. The van der Waals surface area contributed by atoms with Crippen molar-refractivity contribution in [3.63, 3.8) is 0 Å². The van der Waals surface area contributed by atoms with Crippen molar-refractivity contribution >= 4 is 39.7 Å². The van der Waals surface area contributed by atoms with Gasteiger partial charge in [0.25, 0.3) is 5.78 Å². The van der Waals surface area contributed by atoms with Crippen LogP contribution in [0.2, 0.25) is 0 Å². The van der Waals surface area contributed by atoms with Gasteiger partial charge in [-0.05, 0) is 48.4 Å². The lowest BCUT2D eigenvalue weighted by Crippen LogP contribution is -2.29. The molecule has 4 aromatic rings. The Balaban J connectivity index is 1.46. The van der Waals surface area contributed by atoms with Crippen LogP contribution in [0.1, 0.15) is 45.0 Å². The van der Waals surface area contributed by atoms with Crippen LogP contribution in [0.4, 0.5) is 5.13 Å². The van der Waals surface area contributed by atoms with Crippen LogP contribution in [-0.2, 0) is 16.2 Å². The monoisotopic (exact) mass is 582 g/mol. The molecule has 212 valence electrons. The summed E-state index contributed by atoms with van der Waals surface area (Å²) in [5.41, 5.74) is 2.13. The number of rotatable bonds is 7. The molecule has 10 heteroatoms. The van der Waals surface area contributed by atoms with Gasteiger partial charge in [0.05, 0.1) is 22.2 Å². The van der Waals surface area contributed by atoms with Gasteiger partial charge in [0, 0.05) is 12.5 Å². The Bertz CT molecular complexity index is 1740. The molecule has 1 aromatic heterocycles. The highest BCUT2D eigenvalue weighted by atomic mass is 32.1. The summed E-state index contributed by atoms with van der Waals surface area (Å²) in [6.07, 6.45) is 0. The van der Waals surface area contributed by atoms with E-state index < -0.39 is 17.7 Å². The minimum absolute atomic E-state index is 0.117. The summed E-state index contributed by atoms with van der Waals surface area (Å²) in [6.45, 7) is 4.16. The minimum Gasteiger partial charge on any atom is -0.507 e. The molecule has 3 heterocycles. The number of anilines is 1. The first-order valence-corrected chi connectivity index (χ1v) is 14.1. The lowest BCUT2D eigenvalue weighted by atomic mass is 9.95. The molecule has 1 saturated heterocycles. The first-order valence-electron chi connectivity index (χ1n) is 13.3. The van der Waals surface area contributed by atoms with Gasteiger partial charge in [-0.15, -0.1) is 0 Å². The first-order chi connectivity index (χ1) is 20.3. The predicted molar refractivity (Wildman–Crippen MR) is 156 cm³/mol. The van der Waals surface area contributed by atoms with Crippen molar-refractivity contribution in [2.45, 2.75) is 26.5 Å². The van der Waals surface area contributed by atoms with Crippen LogP contribution in [0.15, 0.2) is 78.4 Å². The lowest BCUT2D eigenvalue weighted by molar-refractivity contribution is -0.132. The summed E-state index contributed by atoms with van der Waals surface area (Å²) in [4.78, 5) is 45.5. The molecule has 0 radical (unpaired) electrons. The maximum Gasteiger partial charge on any atom is 0.301 e.